The maximum atomic E-state index is 13.7. The highest BCUT2D eigenvalue weighted by Gasteiger charge is 2.18. The first-order valence-corrected chi connectivity index (χ1v) is 9.84. The molecule has 0 unspecified atom stereocenters. The molecule has 0 aliphatic carbocycles. The number of para-hydroxylation sites is 3. The number of benzene rings is 2. The minimum absolute atomic E-state index is 0.0825. The van der Waals surface area contributed by atoms with Crippen LogP contribution >= 0.6 is 11.8 Å². The zero-order valence-corrected chi connectivity index (χ0v) is 16.2. The fourth-order valence-electron chi connectivity index (χ4n) is 2.93. The fourth-order valence-corrected chi connectivity index (χ4v) is 3.70. The smallest absolute Gasteiger partial charge is 0.234 e. The molecule has 2 aromatic heterocycles. The van der Waals surface area contributed by atoms with Crippen molar-refractivity contribution in [1.29, 1.82) is 0 Å². The number of fused-ring (bicyclic) bond motifs is 3. The lowest BCUT2D eigenvalue weighted by atomic mass is 10.2. The van der Waals surface area contributed by atoms with Crippen LogP contribution in [-0.4, -0.2) is 31.2 Å². The van der Waals surface area contributed by atoms with Crippen LogP contribution in [0, 0.1) is 5.82 Å². The number of halogens is 1. The first-order valence-electron chi connectivity index (χ1n) is 8.85. The molecule has 0 aliphatic rings. The van der Waals surface area contributed by atoms with Crippen LogP contribution < -0.4 is 5.32 Å². The largest absolute Gasteiger partial charge is 0.323 e. The zero-order valence-electron chi connectivity index (χ0n) is 15.4. The van der Waals surface area contributed by atoms with E-state index in [1.54, 1.807) is 12.1 Å². The Morgan fingerprint density at radius 1 is 1.14 bits per heavy atom. The minimum Gasteiger partial charge on any atom is -0.323 e. The molecule has 0 aliphatic heterocycles. The highest BCUT2D eigenvalue weighted by Crippen LogP contribution is 2.27. The van der Waals surface area contributed by atoms with Crippen molar-refractivity contribution in [3.8, 4) is 0 Å². The second-order valence-corrected chi connectivity index (χ2v) is 7.56. The first-order chi connectivity index (χ1) is 13.5. The maximum Gasteiger partial charge on any atom is 0.234 e. The summed E-state index contributed by atoms with van der Waals surface area (Å²) < 4.78 is 15.7. The predicted molar refractivity (Wildman–Crippen MR) is 108 cm³/mol. The van der Waals surface area contributed by atoms with E-state index in [9.17, 15) is 9.18 Å². The van der Waals surface area contributed by atoms with Crippen LogP contribution in [0.2, 0.25) is 0 Å². The van der Waals surface area contributed by atoms with E-state index < -0.39 is 5.82 Å². The lowest BCUT2D eigenvalue weighted by Gasteiger charge is -2.10. The lowest BCUT2D eigenvalue weighted by Crippen LogP contribution is -2.15. The number of aromatic nitrogens is 4. The summed E-state index contributed by atoms with van der Waals surface area (Å²) in [5.74, 6) is 0.325. The normalized spacial score (nSPS) is 11.4. The third-order valence-corrected chi connectivity index (χ3v) is 5.18. The topological polar surface area (TPSA) is 72.2 Å². The molecule has 0 spiro atoms. The van der Waals surface area contributed by atoms with E-state index in [-0.39, 0.29) is 23.3 Å². The van der Waals surface area contributed by atoms with Gasteiger partial charge in [-0.2, -0.15) is 0 Å². The molecule has 0 bridgehead atoms. The number of hydrogen-bond acceptors (Lipinski definition) is 5. The van der Waals surface area contributed by atoms with Crippen LogP contribution in [0.4, 0.5) is 10.1 Å². The Bertz CT molecular complexity index is 1170. The van der Waals surface area contributed by atoms with E-state index in [4.69, 9.17) is 0 Å². The van der Waals surface area contributed by atoms with Crippen molar-refractivity contribution < 1.29 is 9.18 Å². The van der Waals surface area contributed by atoms with Gasteiger partial charge in [-0.1, -0.05) is 49.9 Å². The van der Waals surface area contributed by atoms with Gasteiger partial charge in [-0.3, -0.25) is 9.20 Å². The number of carbonyl (C=O) groups is 1. The molecule has 142 valence electrons. The summed E-state index contributed by atoms with van der Waals surface area (Å²) in [5.41, 5.74) is 2.50. The molecule has 1 N–H and O–H groups in total. The van der Waals surface area contributed by atoms with E-state index in [1.165, 1.54) is 23.9 Å². The number of rotatable bonds is 5. The van der Waals surface area contributed by atoms with Gasteiger partial charge in [-0.05, 0) is 24.3 Å². The van der Waals surface area contributed by atoms with Crippen LogP contribution in [0.1, 0.15) is 25.6 Å². The Morgan fingerprint density at radius 3 is 2.68 bits per heavy atom. The molecule has 1 amide bonds. The summed E-state index contributed by atoms with van der Waals surface area (Å²) in [7, 11) is 0. The molecule has 0 saturated heterocycles. The third kappa shape index (κ3) is 3.43. The van der Waals surface area contributed by atoms with Gasteiger partial charge < -0.3 is 5.32 Å². The van der Waals surface area contributed by atoms with Crippen LogP contribution in [-0.2, 0) is 4.79 Å². The standard InChI is InChI=1S/C20H18FN5OS/c1-12(2)18-24-25-19-20(23-15-9-5-6-10-16(15)26(18)19)28-11-17(27)22-14-8-4-3-7-13(14)21/h3-10,12H,11H2,1-2H3,(H,22,27). The Labute approximate surface area is 165 Å². The van der Waals surface area contributed by atoms with Gasteiger partial charge in [0.15, 0.2) is 5.65 Å². The molecular formula is C20H18FN5OS. The SMILES string of the molecule is CC(C)c1nnc2c(SCC(=O)Nc3ccccc3F)nc3ccccc3n12. The Hall–Kier alpha value is -3.00. The van der Waals surface area contributed by atoms with Crippen LogP contribution in [0.25, 0.3) is 16.7 Å². The van der Waals surface area contributed by atoms with E-state index >= 15 is 0 Å². The van der Waals surface area contributed by atoms with Crippen molar-refractivity contribution in [3.63, 3.8) is 0 Å². The molecule has 0 fully saturated rings. The van der Waals surface area contributed by atoms with E-state index in [2.05, 4.69) is 34.3 Å². The molecule has 8 heteroatoms. The highest BCUT2D eigenvalue weighted by molar-refractivity contribution is 8.00. The van der Waals surface area contributed by atoms with Crippen LogP contribution in [0.5, 0.6) is 0 Å². The molecule has 0 atom stereocenters. The average molecular weight is 395 g/mol. The second-order valence-electron chi connectivity index (χ2n) is 6.59. The summed E-state index contributed by atoms with van der Waals surface area (Å²) in [6, 6.07) is 13.8. The number of nitrogens with one attached hydrogen (secondary N) is 1. The molecule has 0 saturated carbocycles. The molecule has 2 heterocycles. The monoisotopic (exact) mass is 395 g/mol. The van der Waals surface area contributed by atoms with Crippen molar-refractivity contribution in [2.24, 2.45) is 0 Å². The van der Waals surface area contributed by atoms with Gasteiger partial charge >= 0.3 is 0 Å². The van der Waals surface area contributed by atoms with Crippen LogP contribution in [0.15, 0.2) is 53.6 Å². The van der Waals surface area contributed by atoms with Gasteiger partial charge in [0.1, 0.15) is 16.7 Å². The van der Waals surface area contributed by atoms with Crippen molar-refractivity contribution in [1.82, 2.24) is 19.6 Å². The molecule has 28 heavy (non-hydrogen) atoms. The molecule has 2 aromatic carbocycles. The zero-order chi connectivity index (χ0) is 19.7. The van der Waals surface area contributed by atoms with Gasteiger partial charge in [0.25, 0.3) is 0 Å². The van der Waals surface area contributed by atoms with Crippen molar-refractivity contribution in [2.75, 3.05) is 11.1 Å². The van der Waals surface area contributed by atoms with E-state index in [0.29, 0.717) is 10.7 Å². The number of carbonyl (C=O) groups excluding carboxylic acids is 1. The molecule has 6 nitrogen and oxygen atoms in total. The van der Waals surface area contributed by atoms with Gasteiger partial charge in [0, 0.05) is 5.92 Å². The average Bonchev–Trinajstić information content (AvgIpc) is 3.14. The van der Waals surface area contributed by atoms with Gasteiger partial charge in [0.2, 0.25) is 5.91 Å². The summed E-state index contributed by atoms with van der Waals surface area (Å²) in [5, 5.41) is 11.8. The lowest BCUT2D eigenvalue weighted by molar-refractivity contribution is -0.113. The first kappa shape index (κ1) is 18.4. The second kappa shape index (κ2) is 7.55. The quantitative estimate of drug-likeness (QED) is 0.511. The Kier molecular flexibility index (Phi) is 4.95. The van der Waals surface area contributed by atoms with Gasteiger partial charge in [-0.15, -0.1) is 10.2 Å². The number of anilines is 1. The van der Waals surface area contributed by atoms with Crippen LogP contribution in [0.3, 0.4) is 0 Å². The van der Waals surface area contributed by atoms with Gasteiger partial charge in [-0.25, -0.2) is 9.37 Å². The Morgan fingerprint density at radius 2 is 1.89 bits per heavy atom. The van der Waals surface area contributed by atoms with E-state index in [0.717, 1.165) is 16.9 Å². The summed E-state index contributed by atoms with van der Waals surface area (Å²) in [6.07, 6.45) is 0. The summed E-state index contributed by atoms with van der Waals surface area (Å²) >= 11 is 1.25. The number of thioether (sulfide) groups is 1. The van der Waals surface area contributed by atoms with E-state index in [1.807, 2.05) is 28.7 Å². The fraction of sp³-hybridized carbons (Fsp3) is 0.200. The number of amides is 1. The summed E-state index contributed by atoms with van der Waals surface area (Å²) in [6.45, 7) is 4.11. The number of hydrogen-bond donors (Lipinski definition) is 1. The predicted octanol–water partition coefficient (Wildman–Crippen LogP) is 4.27. The van der Waals surface area contributed by atoms with Crippen molar-refractivity contribution in [2.45, 2.75) is 24.8 Å². The summed E-state index contributed by atoms with van der Waals surface area (Å²) in [4.78, 5) is 16.9. The molecule has 0 radical (unpaired) electrons. The highest BCUT2D eigenvalue weighted by atomic mass is 32.2. The molecule has 4 rings (SSSR count). The Balaban J connectivity index is 1.65. The number of nitrogens with zero attached hydrogens (tertiary/aromatic N) is 4. The minimum atomic E-state index is -0.467. The molecular weight excluding hydrogens is 377 g/mol. The van der Waals surface area contributed by atoms with Crippen molar-refractivity contribution in [3.05, 3.63) is 60.2 Å². The van der Waals surface area contributed by atoms with Crippen molar-refractivity contribution >= 4 is 40.0 Å². The maximum absolute atomic E-state index is 13.7. The third-order valence-electron chi connectivity index (χ3n) is 4.23. The van der Waals surface area contributed by atoms with Gasteiger partial charge in [0.05, 0.1) is 22.5 Å². The molecule has 4 aromatic rings.